The molecular weight excluding hydrogens is 318 g/mol. The summed E-state index contributed by atoms with van der Waals surface area (Å²) in [4.78, 5) is 21.5. The van der Waals surface area contributed by atoms with Crippen molar-refractivity contribution >= 4 is 11.9 Å². The summed E-state index contributed by atoms with van der Waals surface area (Å²) in [6.07, 6.45) is 16.8. The first-order valence-corrected chi connectivity index (χ1v) is 10.3. The van der Waals surface area contributed by atoms with Crippen LogP contribution in [0.5, 0.6) is 0 Å². The van der Waals surface area contributed by atoms with E-state index < -0.39 is 18.0 Å². The van der Waals surface area contributed by atoms with E-state index in [2.05, 4.69) is 12.2 Å². The van der Waals surface area contributed by atoms with E-state index in [1.807, 2.05) is 0 Å². The van der Waals surface area contributed by atoms with Gasteiger partial charge < -0.3 is 15.5 Å². The Morgan fingerprint density at radius 2 is 1.20 bits per heavy atom. The van der Waals surface area contributed by atoms with Gasteiger partial charge in [-0.2, -0.15) is 0 Å². The molecule has 0 amide bonds. The highest BCUT2D eigenvalue weighted by Gasteiger charge is 2.17. The highest BCUT2D eigenvalue weighted by atomic mass is 16.4. The molecule has 0 fully saturated rings. The first-order valence-electron chi connectivity index (χ1n) is 10.3. The Hall–Kier alpha value is -1.10. The third kappa shape index (κ3) is 17.5. The van der Waals surface area contributed by atoms with Gasteiger partial charge in [0.05, 0.1) is 0 Å². The summed E-state index contributed by atoms with van der Waals surface area (Å²) in [5.74, 6) is -1.91. The lowest BCUT2D eigenvalue weighted by atomic mass is 10.0. The predicted molar refractivity (Wildman–Crippen MR) is 102 cm³/mol. The van der Waals surface area contributed by atoms with E-state index in [1.54, 1.807) is 0 Å². The maximum atomic E-state index is 11.0. The van der Waals surface area contributed by atoms with Crippen molar-refractivity contribution in [2.45, 2.75) is 109 Å². The van der Waals surface area contributed by atoms with Crippen LogP contribution in [0.3, 0.4) is 0 Å². The van der Waals surface area contributed by atoms with Gasteiger partial charge in [-0.1, -0.05) is 84.0 Å². The summed E-state index contributed by atoms with van der Waals surface area (Å²) >= 11 is 0. The number of nitrogens with one attached hydrogen (secondary N) is 1. The lowest BCUT2D eigenvalue weighted by Gasteiger charge is -2.13. The van der Waals surface area contributed by atoms with E-state index in [9.17, 15) is 9.59 Å². The van der Waals surface area contributed by atoms with Gasteiger partial charge in [0.25, 0.3) is 0 Å². The number of carboxylic acids is 2. The van der Waals surface area contributed by atoms with Crippen molar-refractivity contribution in [3.63, 3.8) is 0 Å². The summed E-state index contributed by atoms with van der Waals surface area (Å²) in [6, 6.07) is -0.742. The van der Waals surface area contributed by atoms with Gasteiger partial charge in [0, 0.05) is 6.42 Å². The molecule has 0 aromatic carbocycles. The zero-order chi connectivity index (χ0) is 18.8. The van der Waals surface area contributed by atoms with Crippen molar-refractivity contribution in [3.8, 4) is 0 Å². The number of rotatable bonds is 19. The fraction of sp³-hybridized carbons (Fsp3) is 0.900. The maximum Gasteiger partial charge on any atom is 0.320 e. The molecule has 0 heterocycles. The number of carbonyl (C=O) groups is 2. The second-order valence-electron chi connectivity index (χ2n) is 7.02. The van der Waals surface area contributed by atoms with E-state index in [4.69, 9.17) is 10.2 Å². The van der Waals surface area contributed by atoms with E-state index in [0.717, 1.165) is 12.8 Å². The smallest absolute Gasteiger partial charge is 0.320 e. The summed E-state index contributed by atoms with van der Waals surface area (Å²) in [6.45, 7) is 2.90. The topological polar surface area (TPSA) is 86.6 Å². The molecule has 0 spiro atoms. The molecule has 1 atom stereocenters. The first kappa shape index (κ1) is 23.9. The van der Waals surface area contributed by atoms with E-state index >= 15 is 0 Å². The fourth-order valence-corrected chi connectivity index (χ4v) is 3.00. The van der Waals surface area contributed by atoms with E-state index in [1.165, 1.54) is 70.6 Å². The van der Waals surface area contributed by atoms with Crippen LogP contribution in [0, 0.1) is 0 Å². The highest BCUT2D eigenvalue weighted by molar-refractivity contribution is 5.75. The molecule has 0 rings (SSSR count). The van der Waals surface area contributed by atoms with Gasteiger partial charge in [-0.25, -0.2) is 0 Å². The molecule has 0 aliphatic carbocycles. The SMILES string of the molecule is CCCCCCCCCCCCCCCNC(CCC(=O)O)C(=O)O. The molecule has 0 aromatic heterocycles. The molecule has 5 nitrogen and oxygen atoms in total. The Balaban J connectivity index is 3.34. The van der Waals surface area contributed by atoms with Gasteiger partial charge in [-0.15, -0.1) is 0 Å². The first-order chi connectivity index (χ1) is 12.1. The maximum absolute atomic E-state index is 11.0. The average Bonchev–Trinajstić information content (AvgIpc) is 2.57. The van der Waals surface area contributed by atoms with Gasteiger partial charge in [-0.3, -0.25) is 9.59 Å². The lowest BCUT2D eigenvalue weighted by molar-refractivity contribution is -0.140. The fourth-order valence-electron chi connectivity index (χ4n) is 3.00. The molecule has 0 radical (unpaired) electrons. The second-order valence-corrected chi connectivity index (χ2v) is 7.02. The summed E-state index contributed by atoms with van der Waals surface area (Å²) in [5.41, 5.74) is 0. The van der Waals surface area contributed by atoms with Crippen molar-refractivity contribution in [2.24, 2.45) is 0 Å². The van der Waals surface area contributed by atoms with Gasteiger partial charge in [0.1, 0.15) is 6.04 Å². The standard InChI is InChI=1S/C20H39NO4/c1-2-3-4-5-6-7-8-9-10-11-12-13-14-17-21-18(20(24)25)15-16-19(22)23/h18,21H,2-17H2,1H3,(H,22,23)(H,24,25). The predicted octanol–water partition coefficient (Wildman–Crippen LogP) is 4.99. The largest absolute Gasteiger partial charge is 0.481 e. The Morgan fingerprint density at radius 3 is 1.60 bits per heavy atom. The van der Waals surface area contributed by atoms with Crippen LogP contribution in [-0.4, -0.2) is 34.7 Å². The molecule has 0 bridgehead atoms. The van der Waals surface area contributed by atoms with E-state index in [0.29, 0.717) is 6.54 Å². The zero-order valence-electron chi connectivity index (χ0n) is 16.1. The van der Waals surface area contributed by atoms with Crippen LogP contribution in [-0.2, 0) is 9.59 Å². The van der Waals surface area contributed by atoms with Gasteiger partial charge in [0.15, 0.2) is 0 Å². The van der Waals surface area contributed by atoms with E-state index in [-0.39, 0.29) is 12.8 Å². The molecule has 0 saturated heterocycles. The number of unbranched alkanes of at least 4 members (excludes halogenated alkanes) is 12. The lowest BCUT2D eigenvalue weighted by Crippen LogP contribution is -2.37. The molecule has 148 valence electrons. The molecule has 0 aliphatic rings. The van der Waals surface area contributed by atoms with Gasteiger partial charge in [0.2, 0.25) is 0 Å². The average molecular weight is 358 g/mol. The third-order valence-electron chi connectivity index (χ3n) is 4.62. The van der Waals surface area contributed by atoms with Crippen LogP contribution in [0.1, 0.15) is 103 Å². The quantitative estimate of drug-likeness (QED) is 0.284. The van der Waals surface area contributed by atoms with Crippen LogP contribution in [0.25, 0.3) is 0 Å². The Kier molecular flexibility index (Phi) is 16.9. The normalized spacial score (nSPS) is 12.2. The summed E-state index contributed by atoms with van der Waals surface area (Å²) < 4.78 is 0. The molecule has 5 heteroatoms. The molecule has 3 N–H and O–H groups in total. The minimum absolute atomic E-state index is 0.109. The van der Waals surface area contributed by atoms with Crippen molar-refractivity contribution in [3.05, 3.63) is 0 Å². The molecule has 1 unspecified atom stereocenters. The minimum Gasteiger partial charge on any atom is -0.481 e. The van der Waals surface area contributed by atoms with Crippen LogP contribution < -0.4 is 5.32 Å². The number of hydrogen-bond donors (Lipinski definition) is 3. The Bertz CT molecular complexity index is 334. The van der Waals surface area contributed by atoms with Gasteiger partial charge in [-0.05, 0) is 19.4 Å². The molecule has 0 aromatic rings. The monoisotopic (exact) mass is 357 g/mol. The number of aliphatic carboxylic acids is 2. The zero-order valence-corrected chi connectivity index (χ0v) is 16.1. The number of carboxylic acid groups (broad SMARTS) is 2. The van der Waals surface area contributed by atoms with Crippen molar-refractivity contribution in [2.75, 3.05) is 6.54 Å². The molecular formula is C20H39NO4. The Labute approximate surface area is 153 Å². The molecule has 0 saturated carbocycles. The van der Waals surface area contributed by atoms with Gasteiger partial charge >= 0.3 is 11.9 Å². The summed E-state index contributed by atoms with van der Waals surface area (Å²) in [7, 11) is 0. The van der Waals surface area contributed by atoms with Crippen LogP contribution in [0.15, 0.2) is 0 Å². The van der Waals surface area contributed by atoms with Crippen molar-refractivity contribution in [1.29, 1.82) is 0 Å². The number of hydrogen-bond acceptors (Lipinski definition) is 3. The summed E-state index contributed by atoms with van der Waals surface area (Å²) in [5, 5.41) is 20.6. The third-order valence-corrected chi connectivity index (χ3v) is 4.62. The van der Waals surface area contributed by atoms with Crippen molar-refractivity contribution in [1.82, 2.24) is 5.32 Å². The molecule has 25 heavy (non-hydrogen) atoms. The second kappa shape index (κ2) is 17.7. The Morgan fingerprint density at radius 1 is 0.760 bits per heavy atom. The van der Waals surface area contributed by atoms with Crippen LogP contribution >= 0.6 is 0 Å². The molecule has 0 aliphatic heterocycles. The minimum atomic E-state index is -0.962. The van der Waals surface area contributed by atoms with Crippen molar-refractivity contribution < 1.29 is 19.8 Å². The van der Waals surface area contributed by atoms with Crippen LogP contribution in [0.4, 0.5) is 0 Å². The highest BCUT2D eigenvalue weighted by Crippen LogP contribution is 2.12. The van der Waals surface area contributed by atoms with Crippen LogP contribution in [0.2, 0.25) is 0 Å².